The summed E-state index contributed by atoms with van der Waals surface area (Å²) in [5.74, 6) is -0.543. The first-order valence-electron chi connectivity index (χ1n) is 9.80. The van der Waals surface area contributed by atoms with E-state index >= 15 is 0 Å². The molecule has 0 aliphatic rings. The van der Waals surface area contributed by atoms with Crippen molar-refractivity contribution in [1.82, 2.24) is 30.5 Å². The predicted octanol–water partition coefficient (Wildman–Crippen LogP) is 2.18. The number of hydrogen-bond donors (Lipinski definition) is 2. The minimum Gasteiger partial charge on any atom is -0.494 e. The van der Waals surface area contributed by atoms with Crippen LogP contribution in [-0.2, 0) is 18.4 Å². The number of hydrogen-bond acceptors (Lipinski definition) is 8. The van der Waals surface area contributed by atoms with Crippen molar-refractivity contribution in [3.63, 3.8) is 0 Å². The van der Waals surface area contributed by atoms with Crippen molar-refractivity contribution in [2.24, 2.45) is 7.05 Å². The van der Waals surface area contributed by atoms with Gasteiger partial charge in [0.05, 0.1) is 31.3 Å². The summed E-state index contributed by atoms with van der Waals surface area (Å²) in [6, 6.07) is 4.95. The summed E-state index contributed by atoms with van der Waals surface area (Å²) in [4.78, 5) is 13.9. The first-order valence-corrected chi connectivity index (χ1v) is 8.68. The number of halogens is 1. The van der Waals surface area contributed by atoms with Gasteiger partial charge >= 0.3 is 0 Å². The Balaban J connectivity index is 2.11. The highest BCUT2D eigenvalue weighted by Gasteiger charge is 2.19. The van der Waals surface area contributed by atoms with Crippen LogP contribution in [0.4, 0.5) is 11.4 Å². The van der Waals surface area contributed by atoms with Gasteiger partial charge in [-0.25, -0.2) is 0 Å². The van der Waals surface area contributed by atoms with Crippen LogP contribution in [0.5, 0.6) is 5.75 Å². The summed E-state index contributed by atoms with van der Waals surface area (Å²) in [6.45, 7) is -2.42. The lowest BCUT2D eigenvalue weighted by molar-refractivity contribution is 0.0958. The smallest absolute Gasteiger partial charge is 0.273 e. The number of nitrogens with zero attached hydrogens (tertiary/aromatic N) is 5. The molecule has 152 valence electrons. The molecular formula is C18H20ClN7O3. The zero-order valence-electron chi connectivity index (χ0n) is 18.9. The predicted molar refractivity (Wildman–Crippen MR) is 107 cm³/mol. The quantitative estimate of drug-likeness (QED) is 0.597. The average Bonchev–Trinajstić information content (AvgIpc) is 3.13. The molecule has 0 saturated carbocycles. The van der Waals surface area contributed by atoms with E-state index in [0.29, 0.717) is 22.7 Å². The second-order valence-corrected chi connectivity index (χ2v) is 6.27. The van der Waals surface area contributed by atoms with Crippen molar-refractivity contribution >= 4 is 28.9 Å². The van der Waals surface area contributed by atoms with E-state index in [1.807, 2.05) is 11.4 Å². The van der Waals surface area contributed by atoms with Crippen LogP contribution in [0.25, 0.3) is 11.3 Å². The third-order valence-electron chi connectivity index (χ3n) is 3.90. The summed E-state index contributed by atoms with van der Waals surface area (Å²) in [5, 5.41) is 20.8. The molecule has 0 unspecified atom stereocenters. The van der Waals surface area contributed by atoms with Crippen molar-refractivity contribution in [2.45, 2.75) is 6.61 Å². The molecular weight excluding hydrogens is 398 g/mol. The number of amides is 1. The second kappa shape index (κ2) is 8.84. The van der Waals surface area contributed by atoms with Gasteiger partial charge in [-0.3, -0.25) is 4.79 Å². The minimum absolute atomic E-state index is 0.000837. The number of ether oxygens (including phenoxy) is 2. The highest BCUT2D eigenvalue weighted by atomic mass is 35.5. The fraction of sp³-hybridized carbons (Fsp3) is 0.278. The number of nitrogens with one attached hydrogen (secondary N) is 2. The van der Waals surface area contributed by atoms with Crippen LogP contribution in [0, 0.1) is 0 Å². The SMILES string of the molecule is [2H]C([2H])([2H])NC(=O)c1nnc(Cl)cc1Nc1cc(COC)cc(-c2cnn(C)n2)c1OC. The highest BCUT2D eigenvalue weighted by Crippen LogP contribution is 2.39. The maximum atomic E-state index is 12.5. The molecule has 0 spiro atoms. The summed E-state index contributed by atoms with van der Waals surface area (Å²) in [7, 11) is 4.73. The molecule has 0 radical (unpaired) electrons. The lowest BCUT2D eigenvalue weighted by atomic mass is 10.0. The van der Waals surface area contributed by atoms with Gasteiger partial charge in [-0.05, 0) is 17.7 Å². The van der Waals surface area contributed by atoms with Crippen LogP contribution in [0.1, 0.15) is 20.2 Å². The van der Waals surface area contributed by atoms with Gasteiger partial charge in [0.25, 0.3) is 5.91 Å². The molecule has 11 heteroatoms. The molecule has 0 bridgehead atoms. The van der Waals surface area contributed by atoms with E-state index in [0.717, 1.165) is 5.56 Å². The lowest BCUT2D eigenvalue weighted by Crippen LogP contribution is -2.21. The van der Waals surface area contributed by atoms with E-state index < -0.39 is 12.9 Å². The first kappa shape index (κ1) is 16.7. The number of anilines is 2. The van der Waals surface area contributed by atoms with Crippen LogP contribution in [-0.4, -0.2) is 52.3 Å². The Labute approximate surface area is 176 Å². The molecule has 0 atom stereocenters. The Morgan fingerprint density at radius 1 is 1.28 bits per heavy atom. The molecule has 2 heterocycles. The van der Waals surface area contributed by atoms with Gasteiger partial charge in [0.2, 0.25) is 0 Å². The van der Waals surface area contributed by atoms with Crippen LogP contribution in [0.3, 0.4) is 0 Å². The Bertz CT molecular complexity index is 1140. The molecule has 0 fully saturated rings. The summed E-state index contributed by atoms with van der Waals surface area (Å²) < 4.78 is 32.7. The zero-order valence-corrected chi connectivity index (χ0v) is 16.6. The number of rotatable bonds is 7. The summed E-state index contributed by atoms with van der Waals surface area (Å²) >= 11 is 5.98. The fourth-order valence-corrected chi connectivity index (χ4v) is 2.89. The monoisotopic (exact) mass is 420 g/mol. The van der Waals surface area contributed by atoms with E-state index in [4.69, 9.17) is 25.2 Å². The molecule has 2 N–H and O–H groups in total. The molecule has 1 aromatic carbocycles. The van der Waals surface area contributed by atoms with Crippen molar-refractivity contribution in [3.8, 4) is 17.0 Å². The third-order valence-corrected chi connectivity index (χ3v) is 4.09. The number of aromatic nitrogens is 5. The number of methoxy groups -OCH3 is 2. The minimum atomic E-state index is -2.70. The van der Waals surface area contributed by atoms with Crippen LogP contribution in [0.15, 0.2) is 24.4 Å². The van der Waals surface area contributed by atoms with E-state index in [1.54, 1.807) is 26.4 Å². The van der Waals surface area contributed by atoms with Gasteiger partial charge in [0, 0.05) is 36.9 Å². The maximum Gasteiger partial charge on any atom is 0.273 e. The van der Waals surface area contributed by atoms with Gasteiger partial charge in [-0.2, -0.15) is 15.0 Å². The fourth-order valence-electron chi connectivity index (χ4n) is 2.75. The van der Waals surface area contributed by atoms with Gasteiger partial charge in [0.15, 0.2) is 16.6 Å². The Hall–Kier alpha value is -3.24. The Morgan fingerprint density at radius 2 is 2.10 bits per heavy atom. The maximum absolute atomic E-state index is 12.5. The van der Waals surface area contributed by atoms with Gasteiger partial charge in [-0.15, -0.1) is 10.2 Å². The molecule has 2 aromatic heterocycles. The molecule has 0 aliphatic carbocycles. The normalized spacial score (nSPS) is 12.6. The van der Waals surface area contributed by atoms with Crippen LogP contribution in [0.2, 0.25) is 5.15 Å². The third kappa shape index (κ3) is 4.44. The standard InChI is InChI=1S/C18H20ClN7O3/c1-20-18(27)16-12(7-15(19)23-24-16)22-13-6-10(9-28-3)5-11(17(13)29-4)14-8-21-26(2)25-14/h5-8H,9H2,1-4H3,(H,20,27)(H,22,23)/i1D3. The molecule has 3 aromatic rings. The van der Waals surface area contributed by atoms with Crippen molar-refractivity contribution in [2.75, 3.05) is 26.5 Å². The topological polar surface area (TPSA) is 116 Å². The van der Waals surface area contributed by atoms with E-state index in [2.05, 4.69) is 25.7 Å². The molecule has 1 amide bonds. The van der Waals surface area contributed by atoms with Gasteiger partial charge < -0.3 is 20.1 Å². The zero-order chi connectivity index (χ0) is 23.5. The lowest BCUT2D eigenvalue weighted by Gasteiger charge is -2.17. The molecule has 10 nitrogen and oxygen atoms in total. The van der Waals surface area contributed by atoms with Gasteiger partial charge in [0.1, 0.15) is 5.69 Å². The number of carbonyl (C=O) groups excluding carboxylic acids is 1. The Kier molecular flexibility index (Phi) is 5.09. The van der Waals surface area contributed by atoms with E-state index in [-0.39, 0.29) is 23.1 Å². The number of benzene rings is 1. The second-order valence-electron chi connectivity index (χ2n) is 5.88. The molecule has 29 heavy (non-hydrogen) atoms. The number of carbonyl (C=O) groups is 1. The van der Waals surface area contributed by atoms with Gasteiger partial charge in [-0.1, -0.05) is 11.6 Å². The first-order chi connectivity index (χ1) is 15.1. The molecule has 0 aliphatic heterocycles. The summed E-state index contributed by atoms with van der Waals surface area (Å²) in [6.07, 6.45) is 1.58. The van der Waals surface area contributed by atoms with E-state index in [1.165, 1.54) is 18.0 Å². The average molecular weight is 421 g/mol. The van der Waals surface area contributed by atoms with Crippen molar-refractivity contribution < 1.29 is 18.4 Å². The largest absolute Gasteiger partial charge is 0.494 e. The molecule has 0 saturated heterocycles. The number of aryl methyl sites for hydroxylation is 1. The molecule has 3 rings (SSSR count). The van der Waals surface area contributed by atoms with E-state index in [9.17, 15) is 4.79 Å². The van der Waals surface area contributed by atoms with Crippen LogP contribution >= 0.6 is 11.6 Å². The van der Waals surface area contributed by atoms with Crippen molar-refractivity contribution in [3.05, 3.63) is 40.8 Å². The summed E-state index contributed by atoms with van der Waals surface area (Å²) in [5.41, 5.74) is 2.26. The highest BCUT2D eigenvalue weighted by molar-refractivity contribution is 6.29. The Morgan fingerprint density at radius 3 is 2.76 bits per heavy atom. The van der Waals surface area contributed by atoms with Crippen LogP contribution < -0.4 is 15.4 Å². The van der Waals surface area contributed by atoms with Crippen molar-refractivity contribution in [1.29, 1.82) is 0 Å².